The predicted octanol–water partition coefficient (Wildman–Crippen LogP) is 5.88. The van der Waals surface area contributed by atoms with Crippen LogP contribution in [0.3, 0.4) is 0 Å². The molecule has 4 atom stereocenters. The summed E-state index contributed by atoms with van der Waals surface area (Å²) in [7, 11) is 1.72. The van der Waals surface area contributed by atoms with Gasteiger partial charge in [-0.15, -0.1) is 0 Å². The highest BCUT2D eigenvalue weighted by atomic mass is 16.5. The summed E-state index contributed by atoms with van der Waals surface area (Å²) in [5.74, 6) is 2.17. The molecule has 0 bridgehead atoms. The van der Waals surface area contributed by atoms with Gasteiger partial charge in [0.15, 0.2) is 0 Å². The third-order valence-corrected chi connectivity index (χ3v) is 9.15. The second kappa shape index (κ2) is 7.47. The van der Waals surface area contributed by atoms with Gasteiger partial charge < -0.3 is 20.3 Å². The SMILES string of the molecule is CCOc1ccc2c(c1)CC[C@]1(C)[C@@H]3CCc4cc(OC)ccc4[C@]3(C=N)CC[C@]21C=N. The Morgan fingerprint density at radius 2 is 1.66 bits per heavy atom. The van der Waals surface area contributed by atoms with Crippen LogP contribution in [0.1, 0.15) is 61.8 Å². The van der Waals surface area contributed by atoms with Crippen molar-refractivity contribution in [2.24, 2.45) is 11.3 Å². The molecule has 3 aliphatic carbocycles. The first-order valence-corrected chi connectivity index (χ1v) is 11.9. The van der Waals surface area contributed by atoms with Crippen LogP contribution in [0.2, 0.25) is 0 Å². The normalized spacial score (nSPS) is 32.5. The monoisotopic (exact) mass is 430 g/mol. The summed E-state index contributed by atoms with van der Waals surface area (Å²) in [6.07, 6.45) is 9.39. The van der Waals surface area contributed by atoms with Crippen molar-refractivity contribution in [2.75, 3.05) is 13.7 Å². The maximum Gasteiger partial charge on any atom is 0.119 e. The summed E-state index contributed by atoms with van der Waals surface area (Å²) in [4.78, 5) is 0. The Hall–Kier alpha value is -2.62. The van der Waals surface area contributed by atoms with Gasteiger partial charge in [-0.3, -0.25) is 0 Å². The summed E-state index contributed by atoms with van der Waals surface area (Å²) < 4.78 is 11.3. The zero-order valence-electron chi connectivity index (χ0n) is 19.5. The number of aryl methyl sites for hydroxylation is 2. The largest absolute Gasteiger partial charge is 0.497 e. The van der Waals surface area contributed by atoms with E-state index in [4.69, 9.17) is 20.3 Å². The van der Waals surface area contributed by atoms with Gasteiger partial charge in [-0.05, 0) is 103 Å². The van der Waals surface area contributed by atoms with Crippen LogP contribution in [0, 0.1) is 22.2 Å². The van der Waals surface area contributed by atoms with E-state index in [2.05, 4.69) is 43.3 Å². The third kappa shape index (κ3) is 2.61. The standard InChI is InChI=1S/C28H34N2O2/c1-4-32-22-7-9-24-20(16-22)11-12-26(2)25-10-5-19-15-21(31-3)6-8-23(19)27(25,17-29)13-14-28(24,26)18-30/h6-9,15-18,25,29-30H,4-5,10-14H2,1-3H3/t25-,26+,27+,28-/m0/s1. The number of fused-ring (bicyclic) bond motifs is 7. The third-order valence-electron chi connectivity index (χ3n) is 9.15. The molecule has 0 heterocycles. The summed E-state index contributed by atoms with van der Waals surface area (Å²) in [5, 5.41) is 17.3. The van der Waals surface area contributed by atoms with Crippen molar-refractivity contribution in [1.82, 2.24) is 0 Å². The maximum absolute atomic E-state index is 8.70. The van der Waals surface area contributed by atoms with E-state index in [1.54, 1.807) is 19.5 Å². The Morgan fingerprint density at radius 3 is 2.38 bits per heavy atom. The fraction of sp³-hybridized carbons (Fsp3) is 0.500. The van der Waals surface area contributed by atoms with Gasteiger partial charge in [0, 0.05) is 23.3 Å². The number of hydrogen-bond acceptors (Lipinski definition) is 4. The highest BCUT2D eigenvalue weighted by Crippen LogP contribution is 2.66. The average molecular weight is 431 g/mol. The molecule has 4 nitrogen and oxygen atoms in total. The van der Waals surface area contributed by atoms with E-state index in [0.717, 1.165) is 50.0 Å². The van der Waals surface area contributed by atoms with Gasteiger partial charge in [0.25, 0.3) is 0 Å². The van der Waals surface area contributed by atoms with Crippen LogP contribution in [0.4, 0.5) is 0 Å². The highest BCUT2D eigenvalue weighted by Gasteiger charge is 2.64. The van der Waals surface area contributed by atoms with E-state index in [9.17, 15) is 0 Å². The average Bonchev–Trinajstić information content (AvgIpc) is 2.83. The molecular formula is C28H34N2O2. The van der Waals surface area contributed by atoms with Crippen molar-refractivity contribution in [3.8, 4) is 11.5 Å². The summed E-state index contributed by atoms with van der Waals surface area (Å²) in [6.45, 7) is 5.10. The molecule has 4 heteroatoms. The Bertz CT molecular complexity index is 1080. The number of hydrogen-bond donors (Lipinski definition) is 2. The molecule has 0 amide bonds. The van der Waals surface area contributed by atoms with Gasteiger partial charge in [-0.1, -0.05) is 19.1 Å². The van der Waals surface area contributed by atoms with Crippen LogP contribution in [0.5, 0.6) is 11.5 Å². The molecule has 3 aliphatic rings. The second-order valence-corrected chi connectivity index (χ2v) is 10.1. The van der Waals surface area contributed by atoms with Gasteiger partial charge in [-0.25, -0.2) is 0 Å². The number of methoxy groups -OCH3 is 1. The minimum atomic E-state index is -0.285. The predicted molar refractivity (Wildman–Crippen MR) is 129 cm³/mol. The van der Waals surface area contributed by atoms with E-state index >= 15 is 0 Å². The lowest BCUT2D eigenvalue weighted by Crippen LogP contribution is -2.63. The molecule has 2 N–H and O–H groups in total. The summed E-state index contributed by atoms with van der Waals surface area (Å²) in [5.41, 5.74) is 4.66. The number of ether oxygens (including phenoxy) is 2. The molecule has 2 aromatic rings. The zero-order chi connectivity index (χ0) is 22.6. The quantitative estimate of drug-likeness (QED) is 0.582. The molecule has 1 saturated carbocycles. The van der Waals surface area contributed by atoms with Gasteiger partial charge in [0.05, 0.1) is 13.7 Å². The fourth-order valence-corrected chi connectivity index (χ4v) is 7.57. The molecule has 0 radical (unpaired) electrons. The van der Waals surface area contributed by atoms with E-state index in [0.29, 0.717) is 12.5 Å². The van der Waals surface area contributed by atoms with Crippen molar-refractivity contribution < 1.29 is 9.47 Å². The van der Waals surface area contributed by atoms with Gasteiger partial charge in [0.1, 0.15) is 11.5 Å². The first-order chi connectivity index (χ1) is 15.5. The van der Waals surface area contributed by atoms with E-state index in [1.807, 2.05) is 6.92 Å². The van der Waals surface area contributed by atoms with Crippen molar-refractivity contribution in [2.45, 2.75) is 63.2 Å². The molecule has 168 valence electrons. The van der Waals surface area contributed by atoms with E-state index in [-0.39, 0.29) is 16.2 Å². The molecule has 0 saturated heterocycles. The van der Waals surface area contributed by atoms with Crippen LogP contribution >= 0.6 is 0 Å². The van der Waals surface area contributed by atoms with Crippen molar-refractivity contribution in [1.29, 1.82) is 10.8 Å². The van der Waals surface area contributed by atoms with Crippen LogP contribution in [-0.2, 0) is 23.7 Å². The lowest BCUT2D eigenvalue weighted by molar-refractivity contribution is -0.0118. The Balaban J connectivity index is 1.64. The van der Waals surface area contributed by atoms with E-state index in [1.165, 1.54) is 22.3 Å². The maximum atomic E-state index is 8.70. The lowest BCUT2D eigenvalue weighted by Gasteiger charge is -2.64. The summed E-state index contributed by atoms with van der Waals surface area (Å²) in [6, 6.07) is 12.9. The topological polar surface area (TPSA) is 66.2 Å². The molecule has 1 fully saturated rings. The van der Waals surface area contributed by atoms with Crippen molar-refractivity contribution >= 4 is 12.4 Å². The lowest BCUT2D eigenvalue weighted by atomic mass is 9.38. The summed E-state index contributed by atoms with van der Waals surface area (Å²) >= 11 is 0. The molecule has 2 aromatic carbocycles. The second-order valence-electron chi connectivity index (χ2n) is 10.1. The highest BCUT2D eigenvalue weighted by molar-refractivity contribution is 5.80. The van der Waals surface area contributed by atoms with Gasteiger partial charge in [-0.2, -0.15) is 0 Å². The molecule has 0 aliphatic heterocycles. The smallest absolute Gasteiger partial charge is 0.119 e. The van der Waals surface area contributed by atoms with Crippen molar-refractivity contribution in [3.63, 3.8) is 0 Å². The minimum absolute atomic E-state index is 0.0672. The molecule has 32 heavy (non-hydrogen) atoms. The first kappa shape index (κ1) is 21.2. The molecule has 5 rings (SSSR count). The fourth-order valence-electron chi connectivity index (χ4n) is 7.57. The minimum Gasteiger partial charge on any atom is -0.497 e. The van der Waals surface area contributed by atoms with Crippen LogP contribution in [-0.4, -0.2) is 26.1 Å². The van der Waals surface area contributed by atoms with Crippen LogP contribution in [0.25, 0.3) is 0 Å². The Morgan fingerprint density at radius 1 is 0.938 bits per heavy atom. The van der Waals surface area contributed by atoms with E-state index < -0.39 is 0 Å². The Kier molecular flexibility index (Phi) is 4.96. The molecule has 0 aromatic heterocycles. The van der Waals surface area contributed by atoms with Gasteiger partial charge >= 0.3 is 0 Å². The number of nitrogens with one attached hydrogen (secondary N) is 2. The van der Waals surface area contributed by atoms with Gasteiger partial charge in [0.2, 0.25) is 0 Å². The van der Waals surface area contributed by atoms with Crippen LogP contribution < -0.4 is 9.47 Å². The first-order valence-electron chi connectivity index (χ1n) is 11.9. The van der Waals surface area contributed by atoms with Crippen molar-refractivity contribution in [3.05, 3.63) is 58.7 Å². The number of rotatable bonds is 5. The molecule has 0 spiro atoms. The molecule has 0 unspecified atom stereocenters. The zero-order valence-corrected chi connectivity index (χ0v) is 19.5. The Labute approximate surface area is 191 Å². The number of benzene rings is 2. The van der Waals surface area contributed by atoms with Crippen LogP contribution in [0.15, 0.2) is 36.4 Å². The molecular weight excluding hydrogens is 396 g/mol.